The average Bonchev–Trinajstić information content (AvgIpc) is 2.80. The van der Waals surface area contributed by atoms with Crippen LogP contribution >= 0.6 is 0 Å². The standard InChI is InChI=1S/C26H30O11S/c1-14(6-10-23(29)26(2,3)31)5-8-16-20(37-38(32,33)34)13-22-24(25(16)30)18(28)12-19(36-22)15-7-9-17(27)21(11-15)35-4/h5,7,9,11-13,23,27,29-31H,6,8,10H2,1-4H3,(H,32,33,34)/b14-5+/t23-/m0/s1. The maximum atomic E-state index is 13.0. The van der Waals surface area contributed by atoms with Gasteiger partial charge >= 0.3 is 10.4 Å². The van der Waals surface area contributed by atoms with Gasteiger partial charge in [0.25, 0.3) is 0 Å². The van der Waals surface area contributed by atoms with E-state index in [4.69, 9.17) is 9.15 Å². The number of ether oxygens (including phenoxy) is 1. The topological polar surface area (TPSA) is 184 Å². The highest BCUT2D eigenvalue weighted by molar-refractivity contribution is 7.81. The zero-order valence-corrected chi connectivity index (χ0v) is 22.1. The Kier molecular flexibility index (Phi) is 8.42. The van der Waals surface area contributed by atoms with Gasteiger partial charge in [0.1, 0.15) is 22.5 Å². The molecule has 0 amide bonds. The van der Waals surface area contributed by atoms with Gasteiger partial charge < -0.3 is 33.8 Å². The van der Waals surface area contributed by atoms with E-state index in [9.17, 15) is 38.2 Å². The molecule has 1 heterocycles. The normalized spacial score (nSPS) is 13.5. The maximum absolute atomic E-state index is 13.0. The quantitative estimate of drug-likeness (QED) is 0.184. The smallest absolute Gasteiger partial charge is 0.446 e. The third kappa shape index (κ3) is 6.84. The molecule has 12 heteroatoms. The van der Waals surface area contributed by atoms with E-state index in [2.05, 4.69) is 4.18 Å². The van der Waals surface area contributed by atoms with Crippen molar-refractivity contribution < 1.29 is 46.7 Å². The van der Waals surface area contributed by atoms with Gasteiger partial charge in [0.2, 0.25) is 0 Å². The molecule has 11 nitrogen and oxygen atoms in total. The third-order valence-electron chi connectivity index (χ3n) is 6.00. The number of hydrogen-bond acceptors (Lipinski definition) is 10. The Hall–Kier alpha value is -3.58. The second-order valence-corrected chi connectivity index (χ2v) is 10.4. The van der Waals surface area contributed by atoms with Gasteiger partial charge in [0.05, 0.1) is 18.8 Å². The SMILES string of the molecule is COc1cc(-c2cc(=O)c3c(O)c(C/C=C(\C)CC[C@H](O)C(C)(C)O)c(OS(=O)(=O)O)cc3o2)ccc1O. The van der Waals surface area contributed by atoms with Crippen molar-refractivity contribution in [3.05, 3.63) is 57.8 Å². The van der Waals surface area contributed by atoms with Gasteiger partial charge in [-0.1, -0.05) is 11.6 Å². The molecule has 3 rings (SSSR count). The van der Waals surface area contributed by atoms with Crippen molar-refractivity contribution in [1.29, 1.82) is 0 Å². The number of benzene rings is 2. The Bertz CT molecular complexity index is 1530. The van der Waals surface area contributed by atoms with E-state index in [-0.39, 0.29) is 46.6 Å². The molecule has 206 valence electrons. The second-order valence-electron chi connectivity index (χ2n) is 9.41. The molecule has 0 unspecified atom stereocenters. The Balaban J connectivity index is 2.08. The minimum Gasteiger partial charge on any atom is -0.507 e. The molecule has 2 aromatic carbocycles. The van der Waals surface area contributed by atoms with E-state index in [0.717, 1.165) is 17.7 Å². The van der Waals surface area contributed by atoms with Crippen molar-refractivity contribution in [2.45, 2.75) is 51.7 Å². The fourth-order valence-electron chi connectivity index (χ4n) is 3.77. The van der Waals surface area contributed by atoms with E-state index >= 15 is 0 Å². The Labute approximate surface area is 219 Å². The molecule has 0 saturated carbocycles. The van der Waals surface area contributed by atoms with Crippen LogP contribution in [0.2, 0.25) is 0 Å². The van der Waals surface area contributed by atoms with Crippen molar-refractivity contribution in [3.63, 3.8) is 0 Å². The molecule has 0 aliphatic carbocycles. The number of phenolic OH excluding ortho intramolecular Hbond substituents is 2. The van der Waals surface area contributed by atoms with E-state index < -0.39 is 39.0 Å². The second kappa shape index (κ2) is 11.0. The monoisotopic (exact) mass is 550 g/mol. The Morgan fingerprint density at radius 2 is 1.84 bits per heavy atom. The number of phenols is 2. The molecule has 0 bridgehead atoms. The average molecular weight is 551 g/mol. The van der Waals surface area contributed by atoms with Crippen LogP contribution in [-0.4, -0.2) is 52.2 Å². The number of methoxy groups -OCH3 is 1. The molecule has 0 radical (unpaired) electrons. The predicted octanol–water partition coefficient (Wildman–Crippen LogP) is 3.46. The summed E-state index contributed by atoms with van der Waals surface area (Å²) in [4.78, 5) is 13.0. The summed E-state index contributed by atoms with van der Waals surface area (Å²) in [5, 5.41) is 40.5. The molecule has 1 aromatic heterocycles. The van der Waals surface area contributed by atoms with Gasteiger partial charge in [-0.05, 0) is 58.2 Å². The molecule has 0 aliphatic rings. The summed E-state index contributed by atoms with van der Waals surface area (Å²) in [5.74, 6) is -1.03. The van der Waals surface area contributed by atoms with E-state index in [0.29, 0.717) is 12.0 Å². The van der Waals surface area contributed by atoms with Crippen LogP contribution in [-0.2, 0) is 16.8 Å². The zero-order valence-electron chi connectivity index (χ0n) is 21.3. The molecule has 0 fully saturated rings. The molecule has 3 aromatic rings. The molecule has 5 N–H and O–H groups in total. The Morgan fingerprint density at radius 3 is 2.45 bits per heavy atom. The van der Waals surface area contributed by atoms with Gasteiger partial charge in [0.15, 0.2) is 22.7 Å². The molecule has 0 spiro atoms. The first-order valence-corrected chi connectivity index (χ1v) is 12.9. The minimum atomic E-state index is -5.00. The summed E-state index contributed by atoms with van der Waals surface area (Å²) < 4.78 is 47.9. The first-order valence-electron chi connectivity index (χ1n) is 11.5. The van der Waals surface area contributed by atoms with Crippen molar-refractivity contribution in [2.24, 2.45) is 0 Å². The number of allylic oxidation sites excluding steroid dienone is 2. The lowest BCUT2D eigenvalue weighted by Crippen LogP contribution is -2.35. The summed E-state index contributed by atoms with van der Waals surface area (Å²) in [6.07, 6.45) is 1.19. The lowest BCUT2D eigenvalue weighted by molar-refractivity contribution is -0.0509. The van der Waals surface area contributed by atoms with Gasteiger partial charge in [-0.2, -0.15) is 8.42 Å². The van der Waals surface area contributed by atoms with Crippen LogP contribution in [0.15, 0.2) is 51.2 Å². The fraction of sp³-hybridized carbons (Fsp3) is 0.346. The molecular formula is C26H30O11S. The summed E-state index contributed by atoms with van der Waals surface area (Å²) in [7, 11) is -3.66. The van der Waals surface area contributed by atoms with Crippen LogP contribution in [0.5, 0.6) is 23.0 Å². The number of hydrogen-bond donors (Lipinski definition) is 5. The van der Waals surface area contributed by atoms with Crippen molar-refractivity contribution >= 4 is 21.4 Å². The van der Waals surface area contributed by atoms with Crippen LogP contribution in [0.25, 0.3) is 22.3 Å². The number of aromatic hydroxyl groups is 2. The van der Waals surface area contributed by atoms with Crippen LogP contribution in [0.3, 0.4) is 0 Å². The van der Waals surface area contributed by atoms with E-state index in [1.54, 1.807) is 13.0 Å². The summed E-state index contributed by atoms with van der Waals surface area (Å²) in [6, 6.07) is 6.42. The molecule has 0 aliphatic heterocycles. The first-order chi connectivity index (χ1) is 17.6. The lowest BCUT2D eigenvalue weighted by atomic mass is 9.95. The summed E-state index contributed by atoms with van der Waals surface area (Å²) >= 11 is 0. The largest absolute Gasteiger partial charge is 0.507 e. The van der Waals surface area contributed by atoms with Crippen molar-refractivity contribution in [3.8, 4) is 34.3 Å². The van der Waals surface area contributed by atoms with Crippen LogP contribution in [0, 0.1) is 0 Å². The van der Waals surface area contributed by atoms with Gasteiger partial charge in [-0.15, -0.1) is 0 Å². The highest BCUT2D eigenvalue weighted by atomic mass is 32.3. The molecule has 0 saturated heterocycles. The third-order valence-corrected chi connectivity index (χ3v) is 6.39. The van der Waals surface area contributed by atoms with E-state index in [1.807, 2.05) is 0 Å². The molecular weight excluding hydrogens is 520 g/mol. The molecule has 38 heavy (non-hydrogen) atoms. The summed E-state index contributed by atoms with van der Waals surface area (Å²) in [6.45, 7) is 4.71. The van der Waals surface area contributed by atoms with Crippen LogP contribution in [0.4, 0.5) is 0 Å². The first kappa shape index (κ1) is 29.0. The van der Waals surface area contributed by atoms with E-state index in [1.165, 1.54) is 39.2 Å². The number of rotatable bonds is 10. The Morgan fingerprint density at radius 1 is 1.16 bits per heavy atom. The predicted molar refractivity (Wildman–Crippen MR) is 139 cm³/mol. The minimum absolute atomic E-state index is 0.0341. The lowest BCUT2D eigenvalue weighted by Gasteiger charge is -2.24. The van der Waals surface area contributed by atoms with Crippen LogP contribution in [0.1, 0.15) is 39.2 Å². The van der Waals surface area contributed by atoms with Gasteiger partial charge in [-0.25, -0.2) is 0 Å². The molecule has 1 atom stereocenters. The fourth-order valence-corrected chi connectivity index (χ4v) is 4.15. The highest BCUT2D eigenvalue weighted by Gasteiger charge is 2.24. The number of fused-ring (bicyclic) bond motifs is 1. The number of aliphatic hydroxyl groups is 2. The van der Waals surface area contributed by atoms with Crippen molar-refractivity contribution in [1.82, 2.24) is 0 Å². The maximum Gasteiger partial charge on any atom is 0.446 e. The summed E-state index contributed by atoms with van der Waals surface area (Å²) in [5.41, 5.74) is -1.14. The van der Waals surface area contributed by atoms with Crippen molar-refractivity contribution in [2.75, 3.05) is 7.11 Å². The highest BCUT2D eigenvalue weighted by Crippen LogP contribution is 2.38. The van der Waals surface area contributed by atoms with Gasteiger partial charge in [0, 0.05) is 23.3 Å². The van der Waals surface area contributed by atoms with Crippen LogP contribution < -0.4 is 14.3 Å². The zero-order chi connectivity index (χ0) is 28.4. The number of aliphatic hydroxyl groups excluding tert-OH is 1. The van der Waals surface area contributed by atoms with Gasteiger partial charge in [-0.3, -0.25) is 9.35 Å².